The lowest BCUT2D eigenvalue weighted by Gasteiger charge is -2.07. The van der Waals surface area contributed by atoms with Crippen molar-refractivity contribution in [1.82, 2.24) is 9.88 Å². The van der Waals surface area contributed by atoms with Crippen molar-refractivity contribution in [2.24, 2.45) is 0 Å². The molecule has 0 aliphatic heterocycles. The van der Waals surface area contributed by atoms with E-state index >= 15 is 0 Å². The molecule has 0 bridgehead atoms. The van der Waals surface area contributed by atoms with E-state index in [4.69, 9.17) is 0 Å². The Morgan fingerprint density at radius 2 is 1.76 bits per heavy atom. The topological polar surface area (TPSA) is 34.0 Å². The number of benzene rings is 3. The van der Waals surface area contributed by atoms with E-state index in [-0.39, 0.29) is 5.91 Å². The van der Waals surface area contributed by atoms with Crippen molar-refractivity contribution in [1.29, 1.82) is 0 Å². The molecule has 0 saturated heterocycles. The predicted octanol–water partition coefficient (Wildman–Crippen LogP) is 5.67. The zero-order chi connectivity index (χ0) is 20.1. The Morgan fingerprint density at radius 1 is 0.966 bits per heavy atom. The number of amides is 1. The molecule has 3 nitrogen and oxygen atoms in total. The number of nitrogens with zero attached hydrogens (tertiary/aromatic N) is 1. The van der Waals surface area contributed by atoms with E-state index in [2.05, 4.69) is 71.5 Å². The van der Waals surface area contributed by atoms with Gasteiger partial charge >= 0.3 is 0 Å². The van der Waals surface area contributed by atoms with Gasteiger partial charge in [0.2, 0.25) is 0 Å². The van der Waals surface area contributed by atoms with Gasteiger partial charge in [-0.3, -0.25) is 4.79 Å². The second-order valence-corrected chi connectivity index (χ2v) is 8.12. The van der Waals surface area contributed by atoms with Crippen LogP contribution in [0.1, 0.15) is 21.5 Å². The standard InChI is InChI=1S/C25H24N2OS/c1-19-8-7-9-20(16-19)18-29-24-17-27(23-13-6-5-12-22(23)24)15-14-26-25(28)21-10-3-2-4-11-21/h2-13,16-17H,14-15,18H2,1H3,(H,26,28). The zero-order valence-corrected chi connectivity index (χ0v) is 17.3. The van der Waals surface area contributed by atoms with E-state index in [0.717, 1.165) is 12.3 Å². The average Bonchev–Trinajstić information content (AvgIpc) is 3.11. The largest absolute Gasteiger partial charge is 0.350 e. The van der Waals surface area contributed by atoms with Gasteiger partial charge < -0.3 is 9.88 Å². The average molecular weight is 401 g/mol. The number of thioether (sulfide) groups is 1. The van der Waals surface area contributed by atoms with Gasteiger partial charge in [0, 0.05) is 46.4 Å². The van der Waals surface area contributed by atoms with E-state index in [9.17, 15) is 4.79 Å². The smallest absolute Gasteiger partial charge is 0.251 e. The lowest BCUT2D eigenvalue weighted by Crippen LogP contribution is -2.26. The van der Waals surface area contributed by atoms with Gasteiger partial charge in [0.05, 0.1) is 0 Å². The normalized spacial score (nSPS) is 10.9. The Bertz CT molecular complexity index is 1120. The third-order valence-electron chi connectivity index (χ3n) is 4.90. The molecule has 1 heterocycles. The summed E-state index contributed by atoms with van der Waals surface area (Å²) in [5.41, 5.74) is 4.52. The molecule has 1 amide bonds. The van der Waals surface area contributed by atoms with Crippen molar-refractivity contribution in [2.45, 2.75) is 24.1 Å². The summed E-state index contributed by atoms with van der Waals surface area (Å²) in [5, 5.41) is 4.28. The van der Waals surface area contributed by atoms with Gasteiger partial charge in [-0.15, -0.1) is 11.8 Å². The first kappa shape index (κ1) is 19.3. The number of hydrogen-bond donors (Lipinski definition) is 1. The molecule has 29 heavy (non-hydrogen) atoms. The Morgan fingerprint density at radius 3 is 2.59 bits per heavy atom. The molecule has 4 rings (SSSR count). The van der Waals surface area contributed by atoms with Crippen LogP contribution in [-0.4, -0.2) is 17.0 Å². The van der Waals surface area contributed by atoms with Crippen LogP contribution in [-0.2, 0) is 12.3 Å². The second kappa shape index (κ2) is 9.01. The van der Waals surface area contributed by atoms with Crippen LogP contribution in [0.25, 0.3) is 10.9 Å². The predicted molar refractivity (Wildman–Crippen MR) is 121 cm³/mol. The van der Waals surface area contributed by atoms with Gasteiger partial charge in [0.15, 0.2) is 0 Å². The number of para-hydroxylation sites is 1. The summed E-state index contributed by atoms with van der Waals surface area (Å²) in [6, 6.07) is 26.5. The van der Waals surface area contributed by atoms with E-state index in [1.807, 2.05) is 42.1 Å². The van der Waals surface area contributed by atoms with Crippen molar-refractivity contribution in [3.63, 3.8) is 0 Å². The molecule has 0 atom stereocenters. The third kappa shape index (κ3) is 4.72. The number of nitrogens with one attached hydrogen (secondary N) is 1. The fourth-order valence-corrected chi connectivity index (χ4v) is 4.49. The van der Waals surface area contributed by atoms with Crippen molar-refractivity contribution in [3.05, 3.63) is 102 Å². The molecule has 146 valence electrons. The van der Waals surface area contributed by atoms with Crippen LogP contribution in [0, 0.1) is 6.92 Å². The second-order valence-electron chi connectivity index (χ2n) is 7.10. The molecule has 0 spiro atoms. The minimum absolute atomic E-state index is 0.0314. The molecular weight excluding hydrogens is 376 g/mol. The summed E-state index contributed by atoms with van der Waals surface area (Å²) in [4.78, 5) is 13.5. The monoisotopic (exact) mass is 400 g/mol. The number of fused-ring (bicyclic) bond motifs is 1. The van der Waals surface area contributed by atoms with E-state index in [0.29, 0.717) is 12.1 Å². The minimum atomic E-state index is -0.0314. The highest BCUT2D eigenvalue weighted by Crippen LogP contribution is 2.32. The third-order valence-corrected chi connectivity index (χ3v) is 6.02. The molecule has 0 radical (unpaired) electrons. The molecular formula is C25H24N2OS. The summed E-state index contributed by atoms with van der Waals surface area (Å²) in [6.07, 6.45) is 2.21. The van der Waals surface area contributed by atoms with Crippen LogP contribution >= 0.6 is 11.8 Å². The van der Waals surface area contributed by atoms with E-state index in [1.165, 1.54) is 26.9 Å². The minimum Gasteiger partial charge on any atom is -0.350 e. The highest BCUT2D eigenvalue weighted by atomic mass is 32.2. The summed E-state index contributed by atoms with van der Waals surface area (Å²) in [6.45, 7) is 3.46. The number of carbonyl (C=O) groups is 1. The van der Waals surface area contributed by atoms with Gasteiger partial charge in [-0.25, -0.2) is 0 Å². The summed E-state index contributed by atoms with van der Waals surface area (Å²) >= 11 is 1.86. The summed E-state index contributed by atoms with van der Waals surface area (Å²) < 4.78 is 2.24. The van der Waals surface area contributed by atoms with E-state index < -0.39 is 0 Å². The summed E-state index contributed by atoms with van der Waals surface area (Å²) in [5.74, 6) is 0.913. The fraction of sp³-hybridized carbons (Fsp3) is 0.160. The van der Waals surface area contributed by atoms with Crippen molar-refractivity contribution >= 4 is 28.6 Å². The van der Waals surface area contributed by atoms with Crippen LogP contribution in [0.4, 0.5) is 0 Å². The van der Waals surface area contributed by atoms with Crippen molar-refractivity contribution in [2.75, 3.05) is 6.54 Å². The Kier molecular flexibility index (Phi) is 6.01. The van der Waals surface area contributed by atoms with Gasteiger partial charge in [-0.2, -0.15) is 0 Å². The first-order valence-corrected chi connectivity index (χ1v) is 10.8. The first-order chi connectivity index (χ1) is 14.2. The Labute approximate surface area is 175 Å². The first-order valence-electron chi connectivity index (χ1n) is 9.80. The number of carbonyl (C=O) groups excluding carboxylic acids is 1. The molecule has 4 heteroatoms. The highest BCUT2D eigenvalue weighted by molar-refractivity contribution is 7.98. The fourth-order valence-electron chi connectivity index (χ4n) is 3.46. The van der Waals surface area contributed by atoms with Crippen molar-refractivity contribution in [3.8, 4) is 0 Å². The van der Waals surface area contributed by atoms with Crippen LogP contribution in [0.15, 0.2) is 90.0 Å². The maximum Gasteiger partial charge on any atom is 0.251 e. The Balaban J connectivity index is 1.45. The molecule has 0 unspecified atom stereocenters. The molecule has 3 aromatic carbocycles. The molecule has 1 N–H and O–H groups in total. The zero-order valence-electron chi connectivity index (χ0n) is 16.5. The van der Waals surface area contributed by atoms with Gasteiger partial charge in [-0.1, -0.05) is 66.2 Å². The number of aromatic nitrogens is 1. The van der Waals surface area contributed by atoms with Gasteiger partial charge in [0.1, 0.15) is 0 Å². The maximum atomic E-state index is 12.3. The lowest BCUT2D eigenvalue weighted by molar-refractivity contribution is 0.0952. The quantitative estimate of drug-likeness (QED) is 0.405. The highest BCUT2D eigenvalue weighted by Gasteiger charge is 2.10. The molecule has 0 aliphatic carbocycles. The van der Waals surface area contributed by atoms with Gasteiger partial charge in [-0.05, 0) is 30.7 Å². The molecule has 0 saturated carbocycles. The van der Waals surface area contributed by atoms with Gasteiger partial charge in [0.25, 0.3) is 5.91 Å². The van der Waals surface area contributed by atoms with E-state index in [1.54, 1.807) is 0 Å². The Hall–Kier alpha value is -2.98. The number of aryl methyl sites for hydroxylation is 1. The summed E-state index contributed by atoms with van der Waals surface area (Å²) in [7, 11) is 0. The van der Waals surface area contributed by atoms with Crippen LogP contribution in [0.3, 0.4) is 0 Å². The van der Waals surface area contributed by atoms with Crippen LogP contribution < -0.4 is 5.32 Å². The number of hydrogen-bond acceptors (Lipinski definition) is 2. The van der Waals surface area contributed by atoms with Crippen LogP contribution in [0.2, 0.25) is 0 Å². The SMILES string of the molecule is Cc1cccc(CSc2cn(CCNC(=O)c3ccccc3)c3ccccc23)c1. The molecule has 0 fully saturated rings. The molecule has 4 aromatic rings. The van der Waals surface area contributed by atoms with Crippen LogP contribution in [0.5, 0.6) is 0 Å². The molecule has 0 aliphatic rings. The maximum absolute atomic E-state index is 12.3. The molecule has 1 aromatic heterocycles. The number of rotatable bonds is 7. The lowest BCUT2D eigenvalue weighted by atomic mass is 10.2. The van der Waals surface area contributed by atoms with Crippen molar-refractivity contribution < 1.29 is 4.79 Å².